The van der Waals surface area contributed by atoms with Gasteiger partial charge in [0.05, 0.1) is 16.8 Å². The number of nitrogens with zero attached hydrogens (tertiary/aromatic N) is 2. The Hall–Kier alpha value is -2.46. The lowest BCUT2D eigenvalue weighted by Gasteiger charge is -2.40. The Morgan fingerprint density at radius 3 is 2.52 bits per heavy atom. The maximum absolute atomic E-state index is 6.79. The van der Waals surface area contributed by atoms with Crippen LogP contribution in [0.2, 0.25) is 5.02 Å². The Balaban J connectivity index is 1.57. The molecule has 5 heteroatoms. The molecule has 2 aromatic rings. The van der Waals surface area contributed by atoms with E-state index in [1.54, 1.807) is 0 Å². The number of rotatable bonds is 4. The lowest BCUT2D eigenvalue weighted by molar-refractivity contribution is 0.265. The highest BCUT2D eigenvalue weighted by Crippen LogP contribution is 2.39. The molecule has 1 atom stereocenters. The number of nitrogens with two attached hydrogens (primary N) is 1. The van der Waals surface area contributed by atoms with Crippen LogP contribution in [0.1, 0.15) is 55.7 Å². The van der Waals surface area contributed by atoms with Crippen molar-refractivity contribution in [2.24, 2.45) is 10.7 Å². The first-order valence-corrected chi connectivity index (χ1v) is 10.8. The molecule has 4 rings (SSSR count). The Morgan fingerprint density at radius 2 is 1.83 bits per heavy atom. The number of hydrogen-bond acceptors (Lipinski definition) is 4. The van der Waals surface area contributed by atoms with Gasteiger partial charge >= 0.3 is 0 Å². The van der Waals surface area contributed by atoms with Crippen LogP contribution in [-0.4, -0.2) is 16.9 Å². The van der Waals surface area contributed by atoms with Crippen LogP contribution >= 0.6 is 11.6 Å². The summed E-state index contributed by atoms with van der Waals surface area (Å²) in [5.41, 5.74) is 11.5. The average Bonchev–Trinajstić information content (AvgIpc) is 2.71. The minimum atomic E-state index is -0.102. The van der Waals surface area contributed by atoms with Gasteiger partial charge in [-0.15, -0.1) is 0 Å². The van der Waals surface area contributed by atoms with Gasteiger partial charge in [0.25, 0.3) is 0 Å². The molecule has 0 radical (unpaired) electrons. The van der Waals surface area contributed by atoms with Crippen LogP contribution in [-0.2, 0) is 0 Å². The number of hydrogen-bond donors (Lipinski definition) is 2. The summed E-state index contributed by atoms with van der Waals surface area (Å²) in [5.74, 6) is 0.575. The topological polar surface area (TPSA) is 53.6 Å². The van der Waals surface area contributed by atoms with Crippen molar-refractivity contribution >= 4 is 28.9 Å². The van der Waals surface area contributed by atoms with Crippen LogP contribution in [0.15, 0.2) is 59.7 Å². The van der Waals surface area contributed by atoms with E-state index < -0.39 is 0 Å². The van der Waals surface area contributed by atoms with Gasteiger partial charge in [-0.2, -0.15) is 0 Å². The van der Waals surface area contributed by atoms with Gasteiger partial charge in [-0.05, 0) is 43.5 Å². The molecule has 2 aromatic carbocycles. The average molecular weight is 409 g/mol. The fourth-order valence-electron chi connectivity index (χ4n) is 4.41. The summed E-state index contributed by atoms with van der Waals surface area (Å²) in [5, 5.41) is 4.11. The zero-order valence-corrected chi connectivity index (χ0v) is 17.8. The van der Waals surface area contributed by atoms with Gasteiger partial charge < -0.3 is 16.0 Å². The third kappa shape index (κ3) is 4.27. The number of anilines is 2. The van der Waals surface area contributed by atoms with Gasteiger partial charge in [0.2, 0.25) is 0 Å². The summed E-state index contributed by atoms with van der Waals surface area (Å²) in [4.78, 5) is 6.99. The molecular formula is C24H29ClN4. The monoisotopic (exact) mass is 408 g/mol. The van der Waals surface area contributed by atoms with Crippen molar-refractivity contribution in [1.82, 2.24) is 4.90 Å². The largest absolute Gasteiger partial charge is 0.369 e. The summed E-state index contributed by atoms with van der Waals surface area (Å²) in [6, 6.07) is 14.6. The second-order valence-corrected chi connectivity index (χ2v) is 8.51. The maximum Gasteiger partial charge on any atom is 0.196 e. The van der Waals surface area contributed by atoms with Crippen molar-refractivity contribution < 1.29 is 0 Å². The lowest BCUT2D eigenvalue weighted by Crippen LogP contribution is -2.47. The zero-order valence-electron chi connectivity index (χ0n) is 17.0. The Morgan fingerprint density at radius 1 is 1.10 bits per heavy atom. The van der Waals surface area contributed by atoms with Crippen LogP contribution in [0.25, 0.3) is 0 Å². The van der Waals surface area contributed by atoms with E-state index in [1.807, 2.05) is 18.2 Å². The summed E-state index contributed by atoms with van der Waals surface area (Å²) >= 11 is 6.79. The van der Waals surface area contributed by atoms with E-state index in [1.165, 1.54) is 24.8 Å². The molecule has 152 valence electrons. The molecule has 1 aliphatic carbocycles. The molecule has 0 bridgehead atoms. The van der Waals surface area contributed by atoms with Gasteiger partial charge in [0.1, 0.15) is 0 Å². The predicted molar refractivity (Wildman–Crippen MR) is 123 cm³/mol. The molecule has 0 saturated heterocycles. The predicted octanol–water partition coefficient (Wildman–Crippen LogP) is 6.30. The number of aliphatic imine (C=N–C) groups is 1. The normalized spacial score (nSPS) is 20.5. The Labute approximate surface area is 178 Å². The van der Waals surface area contributed by atoms with Crippen LogP contribution in [0.3, 0.4) is 0 Å². The quantitative estimate of drug-likeness (QED) is 0.624. The second-order valence-electron chi connectivity index (χ2n) is 8.14. The van der Waals surface area contributed by atoms with E-state index in [9.17, 15) is 0 Å². The van der Waals surface area contributed by atoms with Crippen molar-refractivity contribution in [1.29, 1.82) is 0 Å². The summed E-state index contributed by atoms with van der Waals surface area (Å²) in [6.45, 7) is 6.41. The first-order valence-electron chi connectivity index (χ1n) is 10.5. The van der Waals surface area contributed by atoms with E-state index >= 15 is 0 Å². The molecule has 2 aliphatic rings. The second kappa shape index (κ2) is 8.50. The minimum Gasteiger partial charge on any atom is -0.369 e. The third-order valence-corrected chi connectivity index (χ3v) is 6.38. The minimum absolute atomic E-state index is 0.102. The molecule has 1 heterocycles. The molecule has 3 N–H and O–H groups in total. The molecule has 1 saturated carbocycles. The summed E-state index contributed by atoms with van der Waals surface area (Å²) < 4.78 is 0. The Bertz CT molecular complexity index is 913. The van der Waals surface area contributed by atoms with E-state index in [0.29, 0.717) is 17.0 Å². The zero-order chi connectivity index (χ0) is 20.4. The van der Waals surface area contributed by atoms with Crippen LogP contribution in [0.5, 0.6) is 0 Å². The number of halogens is 1. The van der Waals surface area contributed by atoms with Gasteiger partial charge in [-0.25, -0.2) is 4.99 Å². The molecule has 29 heavy (non-hydrogen) atoms. The van der Waals surface area contributed by atoms with E-state index in [4.69, 9.17) is 22.3 Å². The first kappa shape index (κ1) is 19.8. The van der Waals surface area contributed by atoms with Crippen LogP contribution in [0.4, 0.5) is 11.4 Å². The van der Waals surface area contributed by atoms with Crippen molar-refractivity contribution in [2.75, 3.05) is 5.32 Å². The molecular weight excluding hydrogens is 380 g/mol. The Kier molecular flexibility index (Phi) is 5.81. The molecule has 0 aromatic heterocycles. The van der Waals surface area contributed by atoms with Gasteiger partial charge in [-0.3, -0.25) is 0 Å². The fourth-order valence-corrected chi connectivity index (χ4v) is 4.71. The van der Waals surface area contributed by atoms with Crippen molar-refractivity contribution in [3.8, 4) is 0 Å². The SMILES string of the molecule is C=C1CC(c2cccc(Nc3ccc(C)cc3)c2Cl)N=C(N)N1C1CCCCC1. The molecule has 0 spiro atoms. The summed E-state index contributed by atoms with van der Waals surface area (Å²) in [6.07, 6.45) is 6.89. The fraction of sp³-hybridized carbons (Fsp3) is 0.375. The summed E-state index contributed by atoms with van der Waals surface area (Å²) in [7, 11) is 0. The molecule has 1 aliphatic heterocycles. The van der Waals surface area contributed by atoms with Crippen molar-refractivity contribution in [2.45, 2.75) is 57.5 Å². The van der Waals surface area contributed by atoms with Gasteiger partial charge in [-0.1, -0.05) is 67.3 Å². The van der Waals surface area contributed by atoms with Crippen LogP contribution in [0, 0.1) is 6.92 Å². The maximum atomic E-state index is 6.79. The van der Waals surface area contributed by atoms with Crippen LogP contribution < -0.4 is 11.1 Å². The number of nitrogens with one attached hydrogen (secondary N) is 1. The van der Waals surface area contributed by atoms with E-state index in [2.05, 4.69) is 48.0 Å². The number of aryl methyl sites for hydroxylation is 1. The highest BCUT2D eigenvalue weighted by molar-refractivity contribution is 6.34. The highest BCUT2D eigenvalue weighted by atomic mass is 35.5. The highest BCUT2D eigenvalue weighted by Gasteiger charge is 2.31. The smallest absolute Gasteiger partial charge is 0.196 e. The van der Waals surface area contributed by atoms with Crippen molar-refractivity contribution in [3.63, 3.8) is 0 Å². The van der Waals surface area contributed by atoms with E-state index in [-0.39, 0.29) is 6.04 Å². The lowest BCUT2D eigenvalue weighted by atomic mass is 9.92. The third-order valence-electron chi connectivity index (χ3n) is 5.96. The number of benzene rings is 2. The molecule has 4 nitrogen and oxygen atoms in total. The molecule has 1 unspecified atom stereocenters. The van der Waals surface area contributed by atoms with Crippen molar-refractivity contribution in [3.05, 3.63) is 70.9 Å². The van der Waals surface area contributed by atoms with Gasteiger partial charge in [0, 0.05) is 23.8 Å². The molecule has 0 amide bonds. The number of guanidine groups is 1. The van der Waals surface area contributed by atoms with E-state index in [0.717, 1.165) is 41.9 Å². The standard InChI is InChI=1S/C24H29ClN4/c1-16-11-13-18(14-12-16)27-21-10-6-9-20(23(21)25)22-15-17(2)29(24(26)28-22)19-7-4-3-5-8-19/h6,9-14,19,22,27H,2-5,7-8,15H2,1H3,(H2,26,28). The molecule has 1 fully saturated rings. The first-order chi connectivity index (χ1) is 14.0. The van der Waals surface area contributed by atoms with Gasteiger partial charge in [0.15, 0.2) is 5.96 Å².